The van der Waals surface area contributed by atoms with Gasteiger partial charge in [0.15, 0.2) is 0 Å². The molecule has 0 spiro atoms. The molecule has 1 aromatic carbocycles. The molecule has 2 rings (SSSR count). The molecule has 1 amide bonds. The Kier molecular flexibility index (Phi) is 6.60. The SMILES string of the molecule is CC(C)Cc1ccc(C(=O)N2CCOC(CCN(C)C)C2)cc1. The molecule has 23 heavy (non-hydrogen) atoms. The quantitative estimate of drug-likeness (QED) is 0.808. The maximum Gasteiger partial charge on any atom is 0.254 e. The van der Waals surface area contributed by atoms with Crippen molar-refractivity contribution < 1.29 is 9.53 Å². The van der Waals surface area contributed by atoms with Crippen LogP contribution in [0.3, 0.4) is 0 Å². The van der Waals surface area contributed by atoms with Crippen LogP contribution in [0.2, 0.25) is 0 Å². The average Bonchev–Trinajstić information content (AvgIpc) is 2.53. The van der Waals surface area contributed by atoms with Crippen LogP contribution in [0, 0.1) is 5.92 Å². The van der Waals surface area contributed by atoms with Crippen LogP contribution in [0.4, 0.5) is 0 Å². The first-order valence-electron chi connectivity index (χ1n) is 8.60. The lowest BCUT2D eigenvalue weighted by Crippen LogP contribution is -2.46. The molecule has 1 heterocycles. The molecule has 0 radical (unpaired) electrons. The monoisotopic (exact) mass is 318 g/mol. The van der Waals surface area contributed by atoms with Gasteiger partial charge in [-0.2, -0.15) is 0 Å². The largest absolute Gasteiger partial charge is 0.374 e. The number of carbonyl (C=O) groups is 1. The molecule has 1 aliphatic heterocycles. The zero-order valence-electron chi connectivity index (χ0n) is 14.9. The minimum Gasteiger partial charge on any atom is -0.374 e. The zero-order chi connectivity index (χ0) is 16.8. The summed E-state index contributed by atoms with van der Waals surface area (Å²) in [5, 5.41) is 0. The second kappa shape index (κ2) is 8.46. The van der Waals surface area contributed by atoms with Gasteiger partial charge >= 0.3 is 0 Å². The van der Waals surface area contributed by atoms with Crippen molar-refractivity contribution in [1.29, 1.82) is 0 Å². The van der Waals surface area contributed by atoms with Gasteiger partial charge in [0.2, 0.25) is 0 Å². The summed E-state index contributed by atoms with van der Waals surface area (Å²) in [6, 6.07) is 8.09. The van der Waals surface area contributed by atoms with E-state index >= 15 is 0 Å². The van der Waals surface area contributed by atoms with E-state index in [9.17, 15) is 4.79 Å². The summed E-state index contributed by atoms with van der Waals surface area (Å²) in [6.45, 7) is 7.42. The van der Waals surface area contributed by atoms with Gasteiger partial charge in [-0.15, -0.1) is 0 Å². The van der Waals surface area contributed by atoms with Crippen LogP contribution in [0.5, 0.6) is 0 Å². The molecule has 128 valence electrons. The van der Waals surface area contributed by atoms with Crippen LogP contribution in [-0.2, 0) is 11.2 Å². The van der Waals surface area contributed by atoms with Gasteiger partial charge in [-0.25, -0.2) is 0 Å². The Morgan fingerprint density at radius 3 is 2.61 bits per heavy atom. The molecule has 1 aromatic rings. The van der Waals surface area contributed by atoms with Crippen molar-refractivity contribution in [3.63, 3.8) is 0 Å². The summed E-state index contributed by atoms with van der Waals surface area (Å²) in [7, 11) is 4.12. The van der Waals surface area contributed by atoms with Crippen LogP contribution in [-0.4, -0.2) is 62.1 Å². The highest BCUT2D eigenvalue weighted by Gasteiger charge is 2.24. The van der Waals surface area contributed by atoms with Crippen molar-refractivity contribution in [2.45, 2.75) is 32.8 Å². The molecule has 0 aromatic heterocycles. The van der Waals surface area contributed by atoms with E-state index in [1.807, 2.05) is 17.0 Å². The van der Waals surface area contributed by atoms with Crippen molar-refractivity contribution in [2.75, 3.05) is 40.3 Å². The van der Waals surface area contributed by atoms with Crippen molar-refractivity contribution in [2.24, 2.45) is 5.92 Å². The highest BCUT2D eigenvalue weighted by Crippen LogP contribution is 2.15. The van der Waals surface area contributed by atoms with E-state index in [2.05, 4.69) is 45.0 Å². The average molecular weight is 318 g/mol. The van der Waals surface area contributed by atoms with Crippen LogP contribution < -0.4 is 0 Å². The third-order valence-electron chi connectivity index (χ3n) is 4.17. The fourth-order valence-electron chi connectivity index (χ4n) is 2.92. The molecule has 0 N–H and O–H groups in total. The second-order valence-corrected chi connectivity index (χ2v) is 7.13. The van der Waals surface area contributed by atoms with Gasteiger partial charge in [0.1, 0.15) is 0 Å². The fraction of sp³-hybridized carbons (Fsp3) is 0.632. The summed E-state index contributed by atoms with van der Waals surface area (Å²) >= 11 is 0. The van der Waals surface area contributed by atoms with Crippen molar-refractivity contribution >= 4 is 5.91 Å². The van der Waals surface area contributed by atoms with E-state index in [0.717, 1.165) is 24.9 Å². The number of carbonyl (C=O) groups excluding carboxylic acids is 1. The second-order valence-electron chi connectivity index (χ2n) is 7.13. The Hall–Kier alpha value is -1.39. The molecule has 1 atom stereocenters. The number of rotatable bonds is 6. The minimum absolute atomic E-state index is 0.124. The lowest BCUT2D eigenvalue weighted by Gasteiger charge is -2.33. The molecule has 1 fully saturated rings. The third-order valence-corrected chi connectivity index (χ3v) is 4.17. The number of hydrogen-bond donors (Lipinski definition) is 0. The van der Waals surface area contributed by atoms with Gasteiger partial charge < -0.3 is 14.5 Å². The number of hydrogen-bond acceptors (Lipinski definition) is 3. The first-order chi connectivity index (χ1) is 11.0. The number of ether oxygens (including phenoxy) is 1. The van der Waals surface area contributed by atoms with Crippen molar-refractivity contribution in [3.05, 3.63) is 35.4 Å². The van der Waals surface area contributed by atoms with Crippen LogP contribution >= 0.6 is 0 Å². The van der Waals surface area contributed by atoms with E-state index in [1.165, 1.54) is 5.56 Å². The van der Waals surface area contributed by atoms with E-state index in [4.69, 9.17) is 4.74 Å². The molecule has 1 aliphatic rings. The summed E-state index contributed by atoms with van der Waals surface area (Å²) in [5.74, 6) is 0.757. The highest BCUT2D eigenvalue weighted by atomic mass is 16.5. The number of nitrogens with zero attached hydrogens (tertiary/aromatic N) is 2. The van der Waals surface area contributed by atoms with E-state index < -0.39 is 0 Å². The topological polar surface area (TPSA) is 32.8 Å². The zero-order valence-corrected chi connectivity index (χ0v) is 14.9. The van der Waals surface area contributed by atoms with E-state index in [0.29, 0.717) is 25.6 Å². The Bertz CT molecular complexity index is 497. The summed E-state index contributed by atoms with van der Waals surface area (Å²) in [4.78, 5) is 16.8. The number of benzene rings is 1. The molecule has 0 saturated carbocycles. The Morgan fingerprint density at radius 2 is 2.00 bits per heavy atom. The lowest BCUT2D eigenvalue weighted by molar-refractivity contribution is -0.0269. The summed E-state index contributed by atoms with van der Waals surface area (Å²) in [6.07, 6.45) is 2.17. The molecule has 1 saturated heterocycles. The first-order valence-corrected chi connectivity index (χ1v) is 8.60. The van der Waals surface area contributed by atoms with Gasteiger partial charge in [-0.05, 0) is 50.6 Å². The van der Waals surface area contributed by atoms with Crippen molar-refractivity contribution in [1.82, 2.24) is 9.80 Å². The van der Waals surface area contributed by atoms with E-state index in [1.54, 1.807) is 0 Å². The third kappa shape index (κ3) is 5.63. The lowest BCUT2D eigenvalue weighted by atomic mass is 10.0. The maximum atomic E-state index is 12.7. The molecule has 1 unspecified atom stereocenters. The standard InChI is InChI=1S/C19H30N2O2/c1-15(2)13-16-5-7-17(8-6-16)19(22)21-11-12-23-18(14-21)9-10-20(3)4/h5-8,15,18H,9-14H2,1-4H3. The molecular formula is C19H30N2O2. The van der Waals surface area contributed by atoms with E-state index in [-0.39, 0.29) is 12.0 Å². The van der Waals surface area contributed by atoms with Gasteiger partial charge in [0.25, 0.3) is 5.91 Å². The molecule has 4 heteroatoms. The van der Waals surface area contributed by atoms with Crippen LogP contribution in [0.1, 0.15) is 36.2 Å². The molecule has 0 aliphatic carbocycles. The van der Waals surface area contributed by atoms with Gasteiger partial charge in [-0.3, -0.25) is 4.79 Å². The highest BCUT2D eigenvalue weighted by molar-refractivity contribution is 5.94. The van der Waals surface area contributed by atoms with Gasteiger partial charge in [-0.1, -0.05) is 26.0 Å². The maximum absolute atomic E-state index is 12.7. The normalized spacial score (nSPS) is 18.7. The smallest absolute Gasteiger partial charge is 0.254 e. The van der Waals surface area contributed by atoms with Gasteiger partial charge in [0, 0.05) is 25.2 Å². The van der Waals surface area contributed by atoms with Crippen LogP contribution in [0.25, 0.3) is 0 Å². The number of morpholine rings is 1. The minimum atomic E-state index is 0.124. The Labute approximate surface area is 140 Å². The number of amides is 1. The summed E-state index contributed by atoms with van der Waals surface area (Å²) in [5.41, 5.74) is 2.08. The van der Waals surface area contributed by atoms with Crippen molar-refractivity contribution in [3.8, 4) is 0 Å². The summed E-state index contributed by atoms with van der Waals surface area (Å²) < 4.78 is 5.79. The Balaban J connectivity index is 1.93. The molecular weight excluding hydrogens is 288 g/mol. The predicted octanol–water partition coefficient (Wildman–Crippen LogP) is 2.68. The first kappa shape index (κ1) is 18.0. The Morgan fingerprint density at radius 1 is 1.30 bits per heavy atom. The van der Waals surface area contributed by atoms with Gasteiger partial charge in [0.05, 0.1) is 12.7 Å². The fourth-order valence-corrected chi connectivity index (χ4v) is 2.92. The van der Waals surface area contributed by atoms with Crippen LogP contribution in [0.15, 0.2) is 24.3 Å². The molecule has 4 nitrogen and oxygen atoms in total. The predicted molar refractivity (Wildman–Crippen MR) is 93.8 cm³/mol. The molecule has 0 bridgehead atoms.